The molecule has 0 aromatic heterocycles. The van der Waals surface area contributed by atoms with E-state index in [0.29, 0.717) is 10.3 Å². The predicted octanol–water partition coefficient (Wildman–Crippen LogP) is 4.59. The molecule has 0 aliphatic heterocycles. The molecule has 0 atom stereocenters. The van der Waals surface area contributed by atoms with Gasteiger partial charge in [-0.25, -0.2) is 0 Å². The Morgan fingerprint density at radius 3 is 2.50 bits per heavy atom. The molecule has 0 aliphatic carbocycles. The molecule has 0 heterocycles. The third kappa shape index (κ3) is 4.21. The summed E-state index contributed by atoms with van der Waals surface area (Å²) in [5.41, 5.74) is 0.555. The standard InChI is InChI=1S/C14H19ClO2S/c1-9(2)18-12-6-5-10(7-11(12)15)14(3,4)8-13(16)17/h5-7,9H,8H2,1-4H3,(H,16,17). The van der Waals surface area contributed by atoms with E-state index in [-0.39, 0.29) is 6.42 Å². The number of aliphatic carboxylic acids is 1. The van der Waals surface area contributed by atoms with Gasteiger partial charge >= 0.3 is 5.97 Å². The minimum atomic E-state index is -0.795. The first-order valence-corrected chi connectivity index (χ1v) is 7.16. The van der Waals surface area contributed by atoms with Crippen molar-refractivity contribution in [3.8, 4) is 0 Å². The molecule has 1 rings (SSSR count). The monoisotopic (exact) mass is 286 g/mol. The van der Waals surface area contributed by atoms with E-state index in [4.69, 9.17) is 16.7 Å². The fourth-order valence-electron chi connectivity index (χ4n) is 1.75. The van der Waals surface area contributed by atoms with Crippen molar-refractivity contribution in [3.63, 3.8) is 0 Å². The highest BCUT2D eigenvalue weighted by atomic mass is 35.5. The third-order valence-electron chi connectivity index (χ3n) is 2.67. The second-order valence-corrected chi connectivity index (χ2v) is 7.29. The lowest BCUT2D eigenvalue weighted by Crippen LogP contribution is -2.21. The van der Waals surface area contributed by atoms with Crippen LogP contribution >= 0.6 is 23.4 Å². The van der Waals surface area contributed by atoms with Crippen LogP contribution in [0.15, 0.2) is 23.1 Å². The summed E-state index contributed by atoms with van der Waals surface area (Å²) < 4.78 is 0. The van der Waals surface area contributed by atoms with Gasteiger partial charge < -0.3 is 5.11 Å². The number of hydrogen-bond acceptors (Lipinski definition) is 2. The maximum atomic E-state index is 10.8. The third-order valence-corrected chi connectivity index (χ3v) is 4.18. The minimum Gasteiger partial charge on any atom is -0.481 e. The largest absolute Gasteiger partial charge is 0.481 e. The Balaban J connectivity index is 2.99. The summed E-state index contributed by atoms with van der Waals surface area (Å²) >= 11 is 7.96. The number of halogens is 1. The van der Waals surface area contributed by atoms with Crippen LogP contribution in [0.1, 0.15) is 39.7 Å². The van der Waals surface area contributed by atoms with Crippen molar-refractivity contribution in [2.45, 2.75) is 49.7 Å². The molecule has 0 amide bonds. The van der Waals surface area contributed by atoms with E-state index >= 15 is 0 Å². The zero-order valence-electron chi connectivity index (χ0n) is 11.2. The number of carbonyl (C=O) groups is 1. The van der Waals surface area contributed by atoms with Gasteiger partial charge in [0.15, 0.2) is 0 Å². The number of carboxylic acid groups (broad SMARTS) is 1. The number of thioether (sulfide) groups is 1. The Labute approximate surface area is 118 Å². The fraction of sp³-hybridized carbons (Fsp3) is 0.500. The van der Waals surface area contributed by atoms with Crippen molar-refractivity contribution < 1.29 is 9.90 Å². The van der Waals surface area contributed by atoms with Crippen LogP contribution in [0.3, 0.4) is 0 Å². The molecule has 0 saturated carbocycles. The van der Waals surface area contributed by atoms with Crippen molar-refractivity contribution >= 4 is 29.3 Å². The average molecular weight is 287 g/mol. The summed E-state index contributed by atoms with van der Waals surface area (Å²) in [4.78, 5) is 11.9. The molecular formula is C14H19ClO2S. The van der Waals surface area contributed by atoms with Crippen molar-refractivity contribution in [3.05, 3.63) is 28.8 Å². The summed E-state index contributed by atoms with van der Waals surface area (Å²) in [7, 11) is 0. The van der Waals surface area contributed by atoms with Gasteiger partial charge in [-0.1, -0.05) is 45.4 Å². The zero-order chi connectivity index (χ0) is 13.9. The van der Waals surface area contributed by atoms with Gasteiger partial charge in [-0.05, 0) is 17.7 Å². The van der Waals surface area contributed by atoms with Crippen molar-refractivity contribution in [1.82, 2.24) is 0 Å². The second-order valence-electron chi connectivity index (χ2n) is 5.27. The highest BCUT2D eigenvalue weighted by Gasteiger charge is 2.24. The van der Waals surface area contributed by atoms with Gasteiger partial charge in [0, 0.05) is 15.6 Å². The Bertz CT molecular complexity index is 441. The van der Waals surface area contributed by atoms with Crippen molar-refractivity contribution in [2.24, 2.45) is 0 Å². The SMILES string of the molecule is CC(C)Sc1ccc(C(C)(C)CC(=O)O)cc1Cl. The molecule has 0 fully saturated rings. The maximum Gasteiger partial charge on any atom is 0.304 e. The Kier molecular flexibility index (Phi) is 5.11. The van der Waals surface area contributed by atoms with Crippen LogP contribution in [-0.2, 0) is 10.2 Å². The van der Waals surface area contributed by atoms with E-state index < -0.39 is 11.4 Å². The van der Waals surface area contributed by atoms with Crippen LogP contribution in [0, 0.1) is 0 Å². The highest BCUT2D eigenvalue weighted by Crippen LogP contribution is 2.35. The molecule has 0 aliphatic rings. The summed E-state index contributed by atoms with van der Waals surface area (Å²) in [6.07, 6.45) is 0.0972. The van der Waals surface area contributed by atoms with E-state index in [1.165, 1.54) is 0 Å². The van der Waals surface area contributed by atoms with Gasteiger partial charge in [0.25, 0.3) is 0 Å². The molecule has 0 bridgehead atoms. The van der Waals surface area contributed by atoms with E-state index in [0.717, 1.165) is 10.5 Å². The topological polar surface area (TPSA) is 37.3 Å². The van der Waals surface area contributed by atoms with E-state index in [9.17, 15) is 4.79 Å². The van der Waals surface area contributed by atoms with E-state index in [1.807, 2.05) is 32.0 Å². The van der Waals surface area contributed by atoms with Crippen LogP contribution in [0.2, 0.25) is 5.02 Å². The highest BCUT2D eigenvalue weighted by molar-refractivity contribution is 8.00. The molecule has 4 heteroatoms. The Morgan fingerprint density at radius 1 is 1.44 bits per heavy atom. The summed E-state index contributed by atoms with van der Waals surface area (Å²) in [5, 5.41) is 10.1. The van der Waals surface area contributed by atoms with Crippen LogP contribution < -0.4 is 0 Å². The zero-order valence-corrected chi connectivity index (χ0v) is 12.7. The lowest BCUT2D eigenvalue weighted by molar-refractivity contribution is -0.138. The van der Waals surface area contributed by atoms with Gasteiger partial charge in [0.2, 0.25) is 0 Å². The normalized spacial score (nSPS) is 11.9. The van der Waals surface area contributed by atoms with Gasteiger partial charge in [0.05, 0.1) is 11.4 Å². The molecular weight excluding hydrogens is 268 g/mol. The number of carboxylic acids is 1. The molecule has 1 aromatic carbocycles. The summed E-state index contributed by atoms with van der Waals surface area (Å²) in [6.45, 7) is 8.07. The van der Waals surface area contributed by atoms with E-state index in [2.05, 4.69) is 13.8 Å². The number of rotatable bonds is 5. The van der Waals surface area contributed by atoms with Crippen LogP contribution in [0.25, 0.3) is 0 Å². The molecule has 18 heavy (non-hydrogen) atoms. The smallest absolute Gasteiger partial charge is 0.304 e. The molecule has 0 radical (unpaired) electrons. The van der Waals surface area contributed by atoms with E-state index in [1.54, 1.807) is 11.8 Å². The minimum absolute atomic E-state index is 0.0972. The molecule has 2 nitrogen and oxygen atoms in total. The lowest BCUT2D eigenvalue weighted by Gasteiger charge is -2.24. The molecule has 1 aromatic rings. The first-order valence-electron chi connectivity index (χ1n) is 5.91. The fourth-order valence-corrected chi connectivity index (χ4v) is 2.89. The second kappa shape index (κ2) is 5.98. The van der Waals surface area contributed by atoms with Crippen LogP contribution in [0.5, 0.6) is 0 Å². The molecule has 0 unspecified atom stereocenters. The lowest BCUT2D eigenvalue weighted by atomic mass is 9.82. The molecule has 100 valence electrons. The Morgan fingerprint density at radius 2 is 2.06 bits per heavy atom. The predicted molar refractivity (Wildman–Crippen MR) is 77.7 cm³/mol. The summed E-state index contributed by atoms with van der Waals surface area (Å²) in [6, 6.07) is 5.83. The van der Waals surface area contributed by atoms with Gasteiger partial charge in [0.1, 0.15) is 0 Å². The van der Waals surface area contributed by atoms with Crippen LogP contribution in [-0.4, -0.2) is 16.3 Å². The van der Waals surface area contributed by atoms with Gasteiger partial charge in [-0.2, -0.15) is 0 Å². The first-order chi connectivity index (χ1) is 8.22. The Hall–Kier alpha value is -0.670. The number of hydrogen-bond donors (Lipinski definition) is 1. The van der Waals surface area contributed by atoms with Crippen LogP contribution in [0.4, 0.5) is 0 Å². The summed E-state index contributed by atoms with van der Waals surface area (Å²) in [5.74, 6) is -0.795. The molecule has 0 saturated heterocycles. The van der Waals surface area contributed by atoms with Gasteiger partial charge in [-0.3, -0.25) is 4.79 Å². The first kappa shape index (κ1) is 15.4. The quantitative estimate of drug-likeness (QED) is 0.804. The number of benzene rings is 1. The average Bonchev–Trinajstić information content (AvgIpc) is 2.18. The van der Waals surface area contributed by atoms with Gasteiger partial charge in [-0.15, -0.1) is 11.8 Å². The molecule has 0 spiro atoms. The van der Waals surface area contributed by atoms with Crippen molar-refractivity contribution in [1.29, 1.82) is 0 Å². The van der Waals surface area contributed by atoms with Crippen molar-refractivity contribution in [2.75, 3.05) is 0 Å². The molecule has 1 N–H and O–H groups in total. The maximum absolute atomic E-state index is 10.8.